The summed E-state index contributed by atoms with van der Waals surface area (Å²) >= 11 is 7.52. The Balaban J connectivity index is 1.72. The van der Waals surface area contributed by atoms with Gasteiger partial charge in [0.15, 0.2) is 0 Å². The van der Waals surface area contributed by atoms with Crippen molar-refractivity contribution in [2.75, 3.05) is 12.8 Å². The zero-order valence-electron chi connectivity index (χ0n) is 11.3. The van der Waals surface area contributed by atoms with Crippen LogP contribution in [0.1, 0.15) is 31.2 Å². The van der Waals surface area contributed by atoms with E-state index < -0.39 is 0 Å². The molecular formula is C15H20ClNOS. The summed E-state index contributed by atoms with van der Waals surface area (Å²) in [6, 6.07) is 8.29. The molecular weight excluding hydrogens is 278 g/mol. The highest BCUT2D eigenvalue weighted by atomic mass is 35.5. The van der Waals surface area contributed by atoms with Gasteiger partial charge in [-0.15, -0.1) is 11.8 Å². The molecule has 0 aliphatic heterocycles. The monoisotopic (exact) mass is 297 g/mol. The number of thioether (sulfide) groups is 1. The Hall–Kier alpha value is -0.670. The summed E-state index contributed by atoms with van der Waals surface area (Å²) in [7, 11) is 1.95. The number of amides is 1. The summed E-state index contributed by atoms with van der Waals surface area (Å²) in [6.45, 7) is 0. The van der Waals surface area contributed by atoms with Crippen molar-refractivity contribution >= 4 is 29.3 Å². The van der Waals surface area contributed by atoms with E-state index in [1.807, 2.05) is 36.2 Å². The predicted octanol–water partition coefficient (Wildman–Crippen LogP) is 3.97. The molecule has 1 aliphatic rings. The number of rotatable bonds is 5. The third kappa shape index (κ3) is 4.43. The molecule has 104 valence electrons. The van der Waals surface area contributed by atoms with Gasteiger partial charge in [-0.3, -0.25) is 4.79 Å². The van der Waals surface area contributed by atoms with Crippen LogP contribution >= 0.6 is 23.4 Å². The van der Waals surface area contributed by atoms with Gasteiger partial charge in [0.2, 0.25) is 5.91 Å². The van der Waals surface area contributed by atoms with Gasteiger partial charge in [0.05, 0.1) is 5.75 Å². The Labute approximate surface area is 124 Å². The Kier molecular flexibility index (Phi) is 5.59. The summed E-state index contributed by atoms with van der Waals surface area (Å²) < 4.78 is 0. The van der Waals surface area contributed by atoms with Crippen LogP contribution < -0.4 is 0 Å². The van der Waals surface area contributed by atoms with Crippen molar-refractivity contribution in [3.8, 4) is 0 Å². The van der Waals surface area contributed by atoms with Crippen molar-refractivity contribution in [3.05, 3.63) is 34.9 Å². The smallest absolute Gasteiger partial charge is 0.232 e. The van der Waals surface area contributed by atoms with Crippen molar-refractivity contribution < 1.29 is 4.79 Å². The van der Waals surface area contributed by atoms with E-state index in [-0.39, 0.29) is 5.91 Å². The lowest BCUT2D eigenvalue weighted by Gasteiger charge is -2.24. The van der Waals surface area contributed by atoms with E-state index in [0.717, 1.165) is 10.8 Å². The van der Waals surface area contributed by atoms with E-state index in [9.17, 15) is 4.79 Å². The first kappa shape index (κ1) is 14.7. The number of nitrogens with zero attached hydrogens (tertiary/aromatic N) is 1. The molecule has 0 atom stereocenters. The number of benzene rings is 1. The van der Waals surface area contributed by atoms with E-state index in [0.29, 0.717) is 11.8 Å². The first-order chi connectivity index (χ1) is 9.16. The van der Waals surface area contributed by atoms with Gasteiger partial charge in [-0.2, -0.15) is 0 Å². The van der Waals surface area contributed by atoms with Crippen LogP contribution in [0.3, 0.4) is 0 Å². The molecule has 0 bridgehead atoms. The second-order valence-electron chi connectivity index (χ2n) is 5.06. The van der Waals surface area contributed by atoms with Gasteiger partial charge in [-0.05, 0) is 30.5 Å². The van der Waals surface area contributed by atoms with E-state index in [2.05, 4.69) is 0 Å². The fourth-order valence-corrected chi connectivity index (χ4v) is 3.47. The second-order valence-corrected chi connectivity index (χ2v) is 6.48. The Morgan fingerprint density at radius 3 is 2.58 bits per heavy atom. The Morgan fingerprint density at radius 2 is 1.95 bits per heavy atom. The van der Waals surface area contributed by atoms with Crippen molar-refractivity contribution in [3.63, 3.8) is 0 Å². The summed E-state index contributed by atoms with van der Waals surface area (Å²) in [5, 5.41) is 0.755. The van der Waals surface area contributed by atoms with Gasteiger partial charge in [0.25, 0.3) is 0 Å². The predicted molar refractivity (Wildman–Crippen MR) is 82.6 cm³/mol. The van der Waals surface area contributed by atoms with Crippen LogP contribution in [0.4, 0.5) is 0 Å². The van der Waals surface area contributed by atoms with E-state index in [4.69, 9.17) is 11.6 Å². The maximum Gasteiger partial charge on any atom is 0.232 e. The lowest BCUT2D eigenvalue weighted by atomic mass is 10.2. The molecule has 2 nitrogen and oxygen atoms in total. The molecule has 0 N–H and O–H groups in total. The van der Waals surface area contributed by atoms with E-state index in [1.165, 1.54) is 31.2 Å². The lowest BCUT2D eigenvalue weighted by Crippen LogP contribution is -2.36. The summed E-state index contributed by atoms with van der Waals surface area (Å²) in [5.41, 5.74) is 1.21. The average molecular weight is 298 g/mol. The molecule has 1 saturated carbocycles. The molecule has 4 heteroatoms. The largest absolute Gasteiger partial charge is 0.342 e. The number of hydrogen-bond acceptors (Lipinski definition) is 2. The minimum absolute atomic E-state index is 0.255. The van der Waals surface area contributed by atoms with Gasteiger partial charge in [-0.1, -0.05) is 36.6 Å². The zero-order chi connectivity index (χ0) is 13.7. The van der Waals surface area contributed by atoms with Crippen molar-refractivity contribution in [2.45, 2.75) is 37.5 Å². The fourth-order valence-electron chi connectivity index (χ4n) is 2.43. The number of carbonyl (C=O) groups excluding carboxylic acids is 1. The lowest BCUT2D eigenvalue weighted by molar-refractivity contribution is -0.129. The maximum atomic E-state index is 12.1. The van der Waals surface area contributed by atoms with Gasteiger partial charge in [0.1, 0.15) is 0 Å². The first-order valence-electron chi connectivity index (χ1n) is 6.74. The normalized spacial score (nSPS) is 15.7. The van der Waals surface area contributed by atoms with Crippen LogP contribution in [-0.2, 0) is 10.5 Å². The van der Waals surface area contributed by atoms with Crippen molar-refractivity contribution in [1.82, 2.24) is 4.90 Å². The van der Waals surface area contributed by atoms with E-state index in [1.54, 1.807) is 11.8 Å². The standard InChI is InChI=1S/C15H20ClNOS/c1-17(14-4-2-3-5-14)15(18)11-19-10-12-6-8-13(16)9-7-12/h6-9,14H,2-5,10-11H2,1H3. The quantitative estimate of drug-likeness (QED) is 0.819. The van der Waals surface area contributed by atoms with Crippen LogP contribution in [0.25, 0.3) is 0 Å². The highest BCUT2D eigenvalue weighted by Crippen LogP contribution is 2.23. The minimum atomic E-state index is 0.255. The Bertz CT molecular complexity index is 415. The summed E-state index contributed by atoms with van der Waals surface area (Å²) in [5.74, 6) is 1.68. The average Bonchev–Trinajstić information content (AvgIpc) is 2.94. The topological polar surface area (TPSA) is 20.3 Å². The fraction of sp³-hybridized carbons (Fsp3) is 0.533. The molecule has 1 fully saturated rings. The zero-order valence-corrected chi connectivity index (χ0v) is 12.8. The summed E-state index contributed by atoms with van der Waals surface area (Å²) in [4.78, 5) is 14.0. The highest BCUT2D eigenvalue weighted by molar-refractivity contribution is 7.99. The van der Waals surface area contributed by atoms with Crippen LogP contribution in [-0.4, -0.2) is 29.6 Å². The van der Waals surface area contributed by atoms with Crippen molar-refractivity contribution in [1.29, 1.82) is 0 Å². The van der Waals surface area contributed by atoms with Gasteiger partial charge in [-0.25, -0.2) is 0 Å². The van der Waals surface area contributed by atoms with Crippen molar-refractivity contribution in [2.24, 2.45) is 0 Å². The van der Waals surface area contributed by atoms with Gasteiger partial charge in [0, 0.05) is 23.9 Å². The molecule has 0 spiro atoms. The molecule has 0 saturated heterocycles. The number of carbonyl (C=O) groups is 1. The van der Waals surface area contributed by atoms with Crippen LogP contribution in [0.5, 0.6) is 0 Å². The maximum absolute atomic E-state index is 12.1. The molecule has 0 heterocycles. The second kappa shape index (κ2) is 7.20. The van der Waals surface area contributed by atoms with Crippen LogP contribution in [0, 0.1) is 0 Å². The molecule has 1 aromatic carbocycles. The van der Waals surface area contributed by atoms with Gasteiger partial charge >= 0.3 is 0 Å². The number of hydrogen-bond donors (Lipinski definition) is 0. The third-order valence-corrected chi connectivity index (χ3v) is 4.91. The molecule has 1 aliphatic carbocycles. The Morgan fingerprint density at radius 1 is 1.32 bits per heavy atom. The summed E-state index contributed by atoms with van der Waals surface area (Å²) in [6.07, 6.45) is 4.87. The third-order valence-electron chi connectivity index (χ3n) is 3.67. The molecule has 19 heavy (non-hydrogen) atoms. The van der Waals surface area contributed by atoms with E-state index >= 15 is 0 Å². The SMILES string of the molecule is CN(C(=O)CSCc1ccc(Cl)cc1)C1CCCC1. The van der Waals surface area contributed by atoms with Crippen LogP contribution in [0.2, 0.25) is 5.02 Å². The highest BCUT2D eigenvalue weighted by Gasteiger charge is 2.22. The van der Waals surface area contributed by atoms with Crippen LogP contribution in [0.15, 0.2) is 24.3 Å². The van der Waals surface area contributed by atoms with Gasteiger partial charge < -0.3 is 4.90 Å². The molecule has 0 aromatic heterocycles. The molecule has 0 radical (unpaired) electrons. The first-order valence-corrected chi connectivity index (χ1v) is 8.28. The molecule has 1 aromatic rings. The minimum Gasteiger partial charge on any atom is -0.342 e. The number of halogens is 1. The molecule has 1 amide bonds. The molecule has 2 rings (SSSR count). The molecule has 0 unspecified atom stereocenters.